The summed E-state index contributed by atoms with van der Waals surface area (Å²) in [5, 5.41) is 5.67. The first-order chi connectivity index (χ1) is 19.4. The summed E-state index contributed by atoms with van der Waals surface area (Å²) < 4.78 is 11.8. The van der Waals surface area contributed by atoms with Crippen LogP contribution in [0.5, 0.6) is 5.75 Å². The van der Waals surface area contributed by atoms with Gasteiger partial charge in [0, 0.05) is 53.9 Å². The Morgan fingerprint density at radius 2 is 1.85 bits per heavy atom. The minimum absolute atomic E-state index is 0.0748. The lowest BCUT2D eigenvalue weighted by atomic mass is 9.77. The Hall–Kier alpha value is -3.59. The lowest BCUT2D eigenvalue weighted by molar-refractivity contribution is -0.146. The zero-order valence-electron chi connectivity index (χ0n) is 22.3. The number of primary amides is 1. The summed E-state index contributed by atoms with van der Waals surface area (Å²) in [4.78, 5) is 42.8. The number of benzene rings is 2. The largest absolute Gasteiger partial charge is 0.487 e. The molecule has 0 spiro atoms. The van der Waals surface area contributed by atoms with Crippen molar-refractivity contribution in [3.8, 4) is 5.75 Å². The molecule has 2 fully saturated rings. The fourth-order valence-electron chi connectivity index (χ4n) is 6.63. The average molecular weight is 565 g/mol. The van der Waals surface area contributed by atoms with Gasteiger partial charge in [0.1, 0.15) is 18.1 Å². The molecule has 2 N–H and O–H groups in total. The first kappa shape index (κ1) is 26.6. The minimum atomic E-state index is -0.479. The van der Waals surface area contributed by atoms with Crippen LogP contribution in [0.25, 0.3) is 11.0 Å². The summed E-state index contributed by atoms with van der Waals surface area (Å²) in [6.07, 6.45) is 4.85. The first-order valence-electron chi connectivity index (χ1n) is 14.1. The number of hydrogen-bond donors (Lipinski definition) is 1. The van der Waals surface area contributed by atoms with Crippen LogP contribution in [0.4, 0.5) is 0 Å². The van der Waals surface area contributed by atoms with Crippen LogP contribution >= 0.6 is 11.6 Å². The molecular weight excluding hydrogens is 532 g/mol. The summed E-state index contributed by atoms with van der Waals surface area (Å²) in [7, 11) is 0. The molecule has 2 unspecified atom stereocenters. The molecule has 2 aromatic carbocycles. The molecule has 1 saturated carbocycles. The lowest BCUT2D eigenvalue weighted by Crippen LogP contribution is -2.50. The van der Waals surface area contributed by atoms with Crippen molar-refractivity contribution in [3.05, 3.63) is 58.2 Å². The molecule has 9 nitrogen and oxygen atoms in total. The van der Waals surface area contributed by atoms with Crippen molar-refractivity contribution in [3.63, 3.8) is 0 Å². The maximum Gasteiger partial charge on any atom is 0.227 e. The van der Waals surface area contributed by atoms with Gasteiger partial charge in [0.15, 0.2) is 5.58 Å². The van der Waals surface area contributed by atoms with Crippen molar-refractivity contribution in [2.24, 2.45) is 17.6 Å². The molecule has 3 heterocycles. The van der Waals surface area contributed by atoms with Crippen molar-refractivity contribution in [2.75, 3.05) is 19.6 Å². The van der Waals surface area contributed by atoms with Gasteiger partial charge in [-0.05, 0) is 55.5 Å². The van der Waals surface area contributed by atoms with Gasteiger partial charge in [0.2, 0.25) is 17.7 Å². The topological polar surface area (TPSA) is 119 Å². The van der Waals surface area contributed by atoms with E-state index in [0.717, 1.165) is 35.8 Å². The van der Waals surface area contributed by atoms with Gasteiger partial charge in [-0.1, -0.05) is 41.7 Å². The second kappa shape index (κ2) is 11.1. The molecule has 3 aliphatic rings. The van der Waals surface area contributed by atoms with Crippen molar-refractivity contribution < 1.29 is 23.6 Å². The van der Waals surface area contributed by atoms with Crippen LogP contribution in [0.3, 0.4) is 0 Å². The molecule has 3 aromatic rings. The molecule has 3 atom stereocenters. The fourth-order valence-corrected chi connectivity index (χ4v) is 6.89. The third kappa shape index (κ3) is 4.91. The van der Waals surface area contributed by atoms with Gasteiger partial charge in [-0.15, -0.1) is 0 Å². The molecule has 0 bridgehead atoms. The smallest absolute Gasteiger partial charge is 0.227 e. The zero-order valence-corrected chi connectivity index (χ0v) is 23.1. The number of para-hydroxylation sites is 1. The van der Waals surface area contributed by atoms with Crippen molar-refractivity contribution >= 4 is 40.3 Å². The SMILES string of the molecule is NC(=O)C1CCCCC1C(=O)N1CCc2c(Cl)ccc(OCc3noc4ccccc34)c2[C@H]1CN1CCCC1=O. The average Bonchev–Trinajstić information content (AvgIpc) is 3.58. The van der Waals surface area contributed by atoms with Gasteiger partial charge < -0.3 is 24.8 Å². The molecule has 6 rings (SSSR count). The van der Waals surface area contributed by atoms with Crippen LogP contribution < -0.4 is 10.5 Å². The van der Waals surface area contributed by atoms with Gasteiger partial charge >= 0.3 is 0 Å². The number of nitrogens with zero attached hydrogens (tertiary/aromatic N) is 3. The molecule has 1 saturated heterocycles. The van der Waals surface area contributed by atoms with Crippen LogP contribution in [0.1, 0.15) is 61.4 Å². The Balaban J connectivity index is 1.36. The van der Waals surface area contributed by atoms with Crippen LogP contribution in [0.2, 0.25) is 5.02 Å². The van der Waals surface area contributed by atoms with E-state index in [4.69, 9.17) is 26.6 Å². The van der Waals surface area contributed by atoms with E-state index in [2.05, 4.69) is 5.16 Å². The number of fused-ring (bicyclic) bond motifs is 2. The second-order valence-electron chi connectivity index (χ2n) is 11.0. The quantitative estimate of drug-likeness (QED) is 0.454. The third-order valence-corrected chi connectivity index (χ3v) is 9.04. The number of ether oxygens (including phenoxy) is 1. The van der Waals surface area contributed by atoms with Crippen molar-refractivity contribution in [2.45, 2.75) is 57.6 Å². The van der Waals surface area contributed by atoms with E-state index in [0.29, 0.717) is 67.4 Å². The highest BCUT2D eigenvalue weighted by molar-refractivity contribution is 6.31. The third-order valence-electron chi connectivity index (χ3n) is 8.68. The monoisotopic (exact) mass is 564 g/mol. The van der Waals surface area contributed by atoms with Gasteiger partial charge in [0.25, 0.3) is 0 Å². The first-order valence-corrected chi connectivity index (χ1v) is 14.4. The Morgan fingerprint density at radius 1 is 1.05 bits per heavy atom. The van der Waals surface area contributed by atoms with E-state index < -0.39 is 23.8 Å². The van der Waals surface area contributed by atoms with Crippen LogP contribution in [0.15, 0.2) is 40.9 Å². The fraction of sp³-hybridized carbons (Fsp3) is 0.467. The Labute approximate surface area is 237 Å². The molecule has 1 aliphatic carbocycles. The predicted octanol–water partition coefficient (Wildman–Crippen LogP) is 4.40. The molecule has 10 heteroatoms. The number of amides is 3. The summed E-state index contributed by atoms with van der Waals surface area (Å²) in [6, 6.07) is 10.8. The predicted molar refractivity (Wildman–Crippen MR) is 148 cm³/mol. The highest BCUT2D eigenvalue weighted by Gasteiger charge is 2.43. The summed E-state index contributed by atoms with van der Waals surface area (Å²) in [6.45, 7) is 1.59. The number of halogens is 1. The molecule has 1 aromatic heterocycles. The maximum absolute atomic E-state index is 14.1. The summed E-state index contributed by atoms with van der Waals surface area (Å²) in [5.74, 6) is -0.781. The van der Waals surface area contributed by atoms with Crippen LogP contribution in [-0.2, 0) is 27.4 Å². The van der Waals surface area contributed by atoms with E-state index in [-0.39, 0.29) is 18.4 Å². The van der Waals surface area contributed by atoms with E-state index in [9.17, 15) is 14.4 Å². The van der Waals surface area contributed by atoms with Crippen LogP contribution in [-0.4, -0.2) is 52.3 Å². The van der Waals surface area contributed by atoms with Crippen LogP contribution in [0, 0.1) is 11.8 Å². The number of nitrogens with two attached hydrogens (primary N) is 1. The molecular formula is C30H33ClN4O5. The van der Waals surface area contributed by atoms with Gasteiger partial charge in [-0.3, -0.25) is 14.4 Å². The highest BCUT2D eigenvalue weighted by atomic mass is 35.5. The number of carbonyl (C=O) groups excluding carboxylic acids is 3. The Kier molecular flexibility index (Phi) is 7.40. The van der Waals surface area contributed by atoms with E-state index in [1.807, 2.05) is 46.2 Å². The molecule has 210 valence electrons. The number of carbonyl (C=O) groups is 3. The Morgan fingerprint density at radius 3 is 2.62 bits per heavy atom. The van der Waals surface area contributed by atoms with Crippen molar-refractivity contribution in [1.29, 1.82) is 0 Å². The molecule has 2 aliphatic heterocycles. The molecule has 0 radical (unpaired) electrons. The Bertz CT molecular complexity index is 1460. The number of hydrogen-bond acceptors (Lipinski definition) is 6. The van der Waals surface area contributed by atoms with Gasteiger partial charge in [-0.25, -0.2) is 0 Å². The van der Waals surface area contributed by atoms with E-state index >= 15 is 0 Å². The zero-order chi connectivity index (χ0) is 27.8. The maximum atomic E-state index is 14.1. The molecule has 3 amide bonds. The standard InChI is InChI=1S/C30H33ClN4O5/c31-22-11-12-26(39-17-23-21-8-3-4-9-25(21)40-33-23)28-20(22)13-15-35(24(28)16-34-14-5-10-27(34)36)30(38)19-7-2-1-6-18(19)29(32)37/h3-4,8-9,11-12,18-19,24H,1-2,5-7,10,13-17H2,(H2,32,37)/t18?,19?,24-/m1/s1. The van der Waals surface area contributed by atoms with E-state index in [1.165, 1.54) is 0 Å². The van der Waals surface area contributed by atoms with Gasteiger partial charge in [0.05, 0.1) is 6.04 Å². The molecule has 40 heavy (non-hydrogen) atoms. The summed E-state index contributed by atoms with van der Waals surface area (Å²) in [5.41, 5.74) is 8.82. The van der Waals surface area contributed by atoms with E-state index in [1.54, 1.807) is 0 Å². The van der Waals surface area contributed by atoms with Crippen molar-refractivity contribution in [1.82, 2.24) is 15.0 Å². The lowest BCUT2D eigenvalue weighted by Gasteiger charge is -2.43. The summed E-state index contributed by atoms with van der Waals surface area (Å²) >= 11 is 6.72. The normalized spacial score (nSPS) is 22.9. The number of aromatic nitrogens is 1. The number of likely N-dealkylation sites (tertiary alicyclic amines) is 1. The highest BCUT2D eigenvalue weighted by Crippen LogP contribution is 2.43. The van der Waals surface area contributed by atoms with Gasteiger partial charge in [-0.2, -0.15) is 0 Å². The number of rotatable bonds is 7. The second-order valence-corrected chi connectivity index (χ2v) is 11.4. The minimum Gasteiger partial charge on any atom is -0.487 e.